The van der Waals surface area contributed by atoms with Gasteiger partial charge in [-0.25, -0.2) is 4.98 Å². The summed E-state index contributed by atoms with van der Waals surface area (Å²) in [5, 5.41) is 4.60. The Balaban J connectivity index is 1.70. The Bertz CT molecular complexity index is 1130. The topological polar surface area (TPSA) is 82.4 Å². The molecule has 0 radical (unpaired) electrons. The zero-order chi connectivity index (χ0) is 21.6. The van der Waals surface area contributed by atoms with Gasteiger partial charge in [0.05, 0.1) is 43.3 Å². The first kappa shape index (κ1) is 19.9. The van der Waals surface area contributed by atoms with Crippen molar-refractivity contribution < 1.29 is 14.3 Å². The predicted molar refractivity (Wildman–Crippen MR) is 113 cm³/mol. The molecule has 0 atom stereocenters. The zero-order valence-corrected chi connectivity index (χ0v) is 18.1. The van der Waals surface area contributed by atoms with Crippen molar-refractivity contribution in [2.24, 2.45) is 0 Å². The fourth-order valence-corrected chi connectivity index (χ4v) is 3.54. The number of aromatic nitrogens is 4. The number of nitrogens with zero attached hydrogens (tertiary/aromatic N) is 5. The molecule has 4 rings (SSSR count). The molecule has 0 fully saturated rings. The number of ether oxygens (including phenoxy) is 2. The first-order valence-corrected chi connectivity index (χ1v) is 9.70. The first-order valence-electron chi connectivity index (χ1n) is 9.70. The highest BCUT2D eigenvalue weighted by atomic mass is 16.5. The summed E-state index contributed by atoms with van der Waals surface area (Å²) in [6.45, 7) is 8.51. The number of rotatable bonds is 4. The molecule has 8 nitrogen and oxygen atoms in total. The minimum atomic E-state index is -0.157. The van der Waals surface area contributed by atoms with E-state index in [1.807, 2.05) is 36.0 Å². The van der Waals surface area contributed by atoms with Crippen LogP contribution in [0.15, 0.2) is 30.6 Å². The Hall–Kier alpha value is -3.42. The summed E-state index contributed by atoms with van der Waals surface area (Å²) in [4.78, 5) is 23.8. The van der Waals surface area contributed by atoms with Gasteiger partial charge in [0.1, 0.15) is 0 Å². The van der Waals surface area contributed by atoms with Crippen LogP contribution in [0.25, 0.3) is 11.3 Å². The van der Waals surface area contributed by atoms with E-state index in [0.717, 1.165) is 22.5 Å². The molecule has 1 amide bonds. The largest absolute Gasteiger partial charge is 0.491 e. The van der Waals surface area contributed by atoms with Crippen LogP contribution < -0.4 is 14.4 Å². The summed E-state index contributed by atoms with van der Waals surface area (Å²) in [6, 6.07) is 5.60. The number of aryl methyl sites for hydroxylation is 1. The van der Waals surface area contributed by atoms with Crippen LogP contribution in [0.1, 0.15) is 42.4 Å². The third-order valence-corrected chi connectivity index (χ3v) is 5.12. The summed E-state index contributed by atoms with van der Waals surface area (Å²) < 4.78 is 12.4. The van der Waals surface area contributed by atoms with E-state index in [1.165, 1.54) is 0 Å². The normalized spacial score (nSPS) is 13.5. The molecule has 4 heterocycles. The fourth-order valence-electron chi connectivity index (χ4n) is 3.54. The molecular formula is C22H25N5O3. The van der Waals surface area contributed by atoms with Crippen LogP contribution in [0.3, 0.4) is 0 Å². The zero-order valence-electron chi connectivity index (χ0n) is 18.1. The molecule has 156 valence electrons. The Kier molecular flexibility index (Phi) is 4.72. The van der Waals surface area contributed by atoms with Crippen molar-refractivity contribution in [1.82, 2.24) is 19.7 Å². The molecule has 0 unspecified atom stereocenters. The van der Waals surface area contributed by atoms with Gasteiger partial charge < -0.3 is 9.47 Å². The van der Waals surface area contributed by atoms with Crippen molar-refractivity contribution in [3.8, 4) is 22.9 Å². The minimum Gasteiger partial charge on any atom is -0.491 e. The average molecular weight is 407 g/mol. The van der Waals surface area contributed by atoms with Crippen molar-refractivity contribution in [1.29, 1.82) is 0 Å². The van der Waals surface area contributed by atoms with Gasteiger partial charge in [0, 0.05) is 24.0 Å². The fraction of sp³-hybridized carbons (Fsp3) is 0.364. The van der Waals surface area contributed by atoms with Gasteiger partial charge in [-0.15, -0.1) is 0 Å². The van der Waals surface area contributed by atoms with Crippen molar-refractivity contribution in [2.75, 3.05) is 19.1 Å². The first-order chi connectivity index (χ1) is 14.2. The van der Waals surface area contributed by atoms with Gasteiger partial charge in [0.15, 0.2) is 11.6 Å². The Morgan fingerprint density at radius 1 is 1.13 bits per heavy atom. The Morgan fingerprint density at radius 3 is 2.53 bits per heavy atom. The second kappa shape index (κ2) is 7.12. The van der Waals surface area contributed by atoms with Crippen molar-refractivity contribution in [3.05, 3.63) is 47.4 Å². The van der Waals surface area contributed by atoms with Gasteiger partial charge in [-0.05, 0) is 45.4 Å². The lowest BCUT2D eigenvalue weighted by molar-refractivity contribution is 0.0995. The van der Waals surface area contributed by atoms with Gasteiger partial charge in [-0.1, -0.05) is 0 Å². The molecule has 0 aliphatic carbocycles. The van der Waals surface area contributed by atoms with Crippen LogP contribution in [0, 0.1) is 6.92 Å². The van der Waals surface area contributed by atoms with E-state index >= 15 is 0 Å². The van der Waals surface area contributed by atoms with E-state index in [2.05, 4.69) is 30.9 Å². The number of hydrogen-bond acceptors (Lipinski definition) is 6. The molecule has 0 bridgehead atoms. The lowest BCUT2D eigenvalue weighted by Gasteiger charge is -2.19. The van der Waals surface area contributed by atoms with E-state index in [4.69, 9.17) is 14.5 Å². The van der Waals surface area contributed by atoms with Gasteiger partial charge in [-0.3, -0.25) is 19.4 Å². The standard InChI is InChI=1S/C22H25N5O3/c1-13-9-15(14-10-17(29-5)20(30-6)23-11-14)24-16-12-26(21(28)19(13)16)18-7-8-27(25-18)22(2,3)4/h7-11H,12H2,1-6H3. The van der Waals surface area contributed by atoms with Crippen molar-refractivity contribution >= 4 is 11.7 Å². The number of anilines is 1. The maximum Gasteiger partial charge on any atom is 0.262 e. The van der Waals surface area contributed by atoms with Gasteiger partial charge in [-0.2, -0.15) is 5.10 Å². The summed E-state index contributed by atoms with van der Waals surface area (Å²) in [5.74, 6) is 1.49. The Morgan fingerprint density at radius 2 is 1.90 bits per heavy atom. The molecule has 0 aromatic carbocycles. The highest BCUT2D eigenvalue weighted by Crippen LogP contribution is 2.34. The van der Waals surface area contributed by atoms with Crippen molar-refractivity contribution in [3.63, 3.8) is 0 Å². The SMILES string of the molecule is COc1cc(-c2cc(C)c3c(n2)CN(c2ccn(C(C)(C)C)n2)C3=O)cnc1OC. The lowest BCUT2D eigenvalue weighted by atomic mass is 10.1. The number of hydrogen-bond donors (Lipinski definition) is 0. The number of carbonyl (C=O) groups excluding carboxylic acids is 1. The van der Waals surface area contributed by atoms with Crippen LogP contribution in [0.2, 0.25) is 0 Å². The van der Waals surface area contributed by atoms with E-state index in [-0.39, 0.29) is 11.4 Å². The quantitative estimate of drug-likeness (QED) is 0.657. The molecule has 1 aliphatic heterocycles. The summed E-state index contributed by atoms with van der Waals surface area (Å²) >= 11 is 0. The number of pyridine rings is 2. The lowest BCUT2D eigenvalue weighted by Crippen LogP contribution is -2.26. The van der Waals surface area contributed by atoms with Crippen LogP contribution in [-0.2, 0) is 12.1 Å². The summed E-state index contributed by atoms with van der Waals surface area (Å²) in [5.41, 5.74) is 3.60. The van der Waals surface area contributed by atoms with Crippen LogP contribution in [-0.4, -0.2) is 39.9 Å². The third-order valence-electron chi connectivity index (χ3n) is 5.12. The van der Waals surface area contributed by atoms with E-state index < -0.39 is 0 Å². The highest BCUT2D eigenvalue weighted by Gasteiger charge is 2.33. The number of carbonyl (C=O) groups is 1. The molecule has 8 heteroatoms. The Labute approximate surface area is 175 Å². The summed E-state index contributed by atoms with van der Waals surface area (Å²) in [7, 11) is 3.11. The van der Waals surface area contributed by atoms with Crippen LogP contribution in [0.4, 0.5) is 5.82 Å². The van der Waals surface area contributed by atoms with Gasteiger partial charge >= 0.3 is 0 Å². The van der Waals surface area contributed by atoms with E-state index in [9.17, 15) is 4.79 Å². The minimum absolute atomic E-state index is 0.0776. The molecule has 0 N–H and O–H groups in total. The molecule has 3 aromatic rings. The van der Waals surface area contributed by atoms with E-state index in [0.29, 0.717) is 29.6 Å². The molecule has 1 aliphatic rings. The van der Waals surface area contributed by atoms with Crippen LogP contribution >= 0.6 is 0 Å². The molecule has 30 heavy (non-hydrogen) atoms. The maximum absolute atomic E-state index is 13.1. The van der Waals surface area contributed by atoms with E-state index in [1.54, 1.807) is 25.3 Å². The predicted octanol–water partition coefficient (Wildman–Crippen LogP) is 3.58. The molecule has 0 saturated heterocycles. The molecular weight excluding hydrogens is 382 g/mol. The second-order valence-corrected chi connectivity index (χ2v) is 8.26. The summed E-state index contributed by atoms with van der Waals surface area (Å²) in [6.07, 6.45) is 3.58. The second-order valence-electron chi connectivity index (χ2n) is 8.26. The number of amides is 1. The molecule has 3 aromatic heterocycles. The van der Waals surface area contributed by atoms with Gasteiger partial charge in [0.2, 0.25) is 0 Å². The monoisotopic (exact) mass is 407 g/mol. The number of fused-ring (bicyclic) bond motifs is 1. The smallest absolute Gasteiger partial charge is 0.262 e. The maximum atomic E-state index is 13.1. The number of methoxy groups -OCH3 is 2. The third kappa shape index (κ3) is 3.28. The molecule has 0 spiro atoms. The van der Waals surface area contributed by atoms with Gasteiger partial charge in [0.25, 0.3) is 11.8 Å². The molecule has 0 saturated carbocycles. The average Bonchev–Trinajstić information content (AvgIpc) is 3.32. The highest BCUT2D eigenvalue weighted by molar-refractivity contribution is 6.10. The van der Waals surface area contributed by atoms with Crippen LogP contribution in [0.5, 0.6) is 11.6 Å². The van der Waals surface area contributed by atoms with Crippen molar-refractivity contribution in [2.45, 2.75) is 39.8 Å².